The molecule has 0 spiro atoms. The lowest BCUT2D eigenvalue weighted by atomic mass is 10.1. The number of ether oxygens (including phenoxy) is 1. The van der Waals surface area contributed by atoms with Crippen molar-refractivity contribution in [2.24, 2.45) is 0 Å². The fourth-order valence-corrected chi connectivity index (χ4v) is 3.69. The SMILES string of the molecule is O=c1c2snc(-c3ccc(F)cc3)c2ncn1CCN1CCOCC1. The van der Waals surface area contributed by atoms with Gasteiger partial charge in [-0.15, -0.1) is 0 Å². The molecular weight excluding hydrogens is 343 g/mol. The maximum absolute atomic E-state index is 13.1. The monoisotopic (exact) mass is 360 g/mol. The summed E-state index contributed by atoms with van der Waals surface area (Å²) in [4.78, 5) is 19.4. The summed E-state index contributed by atoms with van der Waals surface area (Å²) in [5, 5.41) is 0. The van der Waals surface area contributed by atoms with Crippen molar-refractivity contribution >= 4 is 21.7 Å². The molecule has 130 valence electrons. The minimum absolute atomic E-state index is 0.0795. The van der Waals surface area contributed by atoms with Gasteiger partial charge in [0.05, 0.1) is 19.5 Å². The predicted molar refractivity (Wildman–Crippen MR) is 94.3 cm³/mol. The van der Waals surface area contributed by atoms with Gasteiger partial charge in [0.25, 0.3) is 5.56 Å². The molecule has 0 amide bonds. The molecule has 1 saturated heterocycles. The van der Waals surface area contributed by atoms with Crippen LogP contribution in [0.25, 0.3) is 21.5 Å². The number of nitrogens with zero attached hydrogens (tertiary/aromatic N) is 4. The lowest BCUT2D eigenvalue weighted by Crippen LogP contribution is -2.39. The fraction of sp³-hybridized carbons (Fsp3) is 0.353. The van der Waals surface area contributed by atoms with Crippen molar-refractivity contribution in [3.8, 4) is 11.3 Å². The van der Waals surface area contributed by atoms with E-state index >= 15 is 0 Å². The lowest BCUT2D eigenvalue weighted by molar-refractivity contribution is 0.0362. The van der Waals surface area contributed by atoms with Gasteiger partial charge in [-0.25, -0.2) is 9.37 Å². The van der Waals surface area contributed by atoms with E-state index in [4.69, 9.17) is 4.74 Å². The molecule has 6 nitrogen and oxygen atoms in total. The van der Waals surface area contributed by atoms with Crippen molar-refractivity contribution in [1.82, 2.24) is 18.8 Å². The summed E-state index contributed by atoms with van der Waals surface area (Å²) in [5.74, 6) is -0.304. The first-order chi connectivity index (χ1) is 12.2. The molecule has 0 bridgehead atoms. The van der Waals surface area contributed by atoms with Crippen LogP contribution in [0.5, 0.6) is 0 Å². The zero-order valence-corrected chi connectivity index (χ0v) is 14.3. The molecule has 0 N–H and O–H groups in total. The molecule has 1 aromatic carbocycles. The predicted octanol–water partition coefficient (Wildman–Crippen LogP) is 1.99. The van der Waals surface area contributed by atoms with Crippen LogP contribution >= 0.6 is 11.5 Å². The van der Waals surface area contributed by atoms with Crippen LogP contribution in [0.2, 0.25) is 0 Å². The number of benzene rings is 1. The molecule has 0 radical (unpaired) electrons. The molecule has 0 saturated carbocycles. The van der Waals surface area contributed by atoms with E-state index in [0.717, 1.165) is 49.9 Å². The van der Waals surface area contributed by atoms with Crippen molar-refractivity contribution < 1.29 is 9.13 Å². The molecule has 2 aromatic heterocycles. The topological polar surface area (TPSA) is 60.2 Å². The molecule has 1 fully saturated rings. The van der Waals surface area contributed by atoms with Crippen LogP contribution < -0.4 is 5.56 Å². The van der Waals surface area contributed by atoms with E-state index in [0.29, 0.717) is 22.5 Å². The average molecular weight is 360 g/mol. The summed E-state index contributed by atoms with van der Waals surface area (Å²) in [7, 11) is 0. The Hall–Kier alpha value is -2.16. The van der Waals surface area contributed by atoms with E-state index < -0.39 is 0 Å². The van der Waals surface area contributed by atoms with Crippen LogP contribution in [0.3, 0.4) is 0 Å². The fourth-order valence-electron chi connectivity index (χ4n) is 2.89. The standard InChI is InChI=1S/C17H17FN4O2S/c18-13-3-1-12(2-4-13)14-15-16(25-20-14)17(23)22(11-19-15)6-5-21-7-9-24-10-8-21/h1-4,11H,5-10H2. The first-order valence-electron chi connectivity index (χ1n) is 8.13. The molecule has 1 aliphatic rings. The molecule has 0 atom stereocenters. The number of hydrogen-bond acceptors (Lipinski definition) is 6. The van der Waals surface area contributed by atoms with Crippen molar-refractivity contribution in [2.45, 2.75) is 6.54 Å². The third-order valence-electron chi connectivity index (χ3n) is 4.33. The second kappa shape index (κ2) is 6.99. The quantitative estimate of drug-likeness (QED) is 0.712. The van der Waals surface area contributed by atoms with E-state index in [1.165, 1.54) is 12.1 Å². The number of fused-ring (bicyclic) bond motifs is 1. The van der Waals surface area contributed by atoms with E-state index in [-0.39, 0.29) is 11.4 Å². The van der Waals surface area contributed by atoms with Gasteiger partial charge in [0.15, 0.2) is 0 Å². The van der Waals surface area contributed by atoms with Crippen LogP contribution in [0.15, 0.2) is 35.4 Å². The Morgan fingerprint density at radius 3 is 2.68 bits per heavy atom. The lowest BCUT2D eigenvalue weighted by Gasteiger charge is -2.26. The summed E-state index contributed by atoms with van der Waals surface area (Å²) in [6.07, 6.45) is 1.58. The molecule has 4 rings (SSSR count). The minimum Gasteiger partial charge on any atom is -0.379 e. The average Bonchev–Trinajstić information content (AvgIpc) is 3.08. The largest absolute Gasteiger partial charge is 0.379 e. The van der Waals surface area contributed by atoms with Crippen LogP contribution in [0.4, 0.5) is 4.39 Å². The highest BCUT2D eigenvalue weighted by molar-refractivity contribution is 7.13. The summed E-state index contributed by atoms with van der Waals surface area (Å²) in [6, 6.07) is 6.05. The van der Waals surface area contributed by atoms with Gasteiger partial charge in [0, 0.05) is 31.7 Å². The number of halogens is 1. The Morgan fingerprint density at radius 1 is 1.16 bits per heavy atom. The zero-order chi connectivity index (χ0) is 17.2. The zero-order valence-electron chi connectivity index (χ0n) is 13.5. The molecule has 1 aliphatic heterocycles. The molecule has 8 heteroatoms. The van der Waals surface area contributed by atoms with Crippen molar-refractivity contribution in [2.75, 3.05) is 32.8 Å². The Bertz CT molecular complexity index is 932. The van der Waals surface area contributed by atoms with Gasteiger partial charge in [-0.3, -0.25) is 14.3 Å². The van der Waals surface area contributed by atoms with Gasteiger partial charge in [0.1, 0.15) is 21.7 Å². The molecule has 3 aromatic rings. The van der Waals surface area contributed by atoms with Crippen LogP contribution in [0, 0.1) is 5.82 Å². The number of hydrogen-bond donors (Lipinski definition) is 0. The third kappa shape index (κ3) is 3.33. The van der Waals surface area contributed by atoms with Gasteiger partial charge < -0.3 is 4.74 Å². The smallest absolute Gasteiger partial charge is 0.272 e. The molecule has 0 unspecified atom stereocenters. The van der Waals surface area contributed by atoms with Gasteiger partial charge in [-0.2, -0.15) is 4.37 Å². The highest BCUT2D eigenvalue weighted by Gasteiger charge is 2.15. The van der Waals surface area contributed by atoms with E-state index in [1.807, 2.05) is 0 Å². The first kappa shape index (κ1) is 16.3. The number of aromatic nitrogens is 3. The molecule has 3 heterocycles. The highest BCUT2D eigenvalue weighted by atomic mass is 32.1. The highest BCUT2D eigenvalue weighted by Crippen LogP contribution is 2.27. The van der Waals surface area contributed by atoms with Gasteiger partial charge in [0.2, 0.25) is 0 Å². The van der Waals surface area contributed by atoms with Gasteiger partial charge in [-0.05, 0) is 35.8 Å². The Morgan fingerprint density at radius 2 is 1.92 bits per heavy atom. The summed E-state index contributed by atoms with van der Waals surface area (Å²) in [6.45, 7) is 4.63. The summed E-state index contributed by atoms with van der Waals surface area (Å²) < 4.78 is 25.0. The Labute approximate surface area is 147 Å². The van der Waals surface area contributed by atoms with Gasteiger partial charge in [-0.1, -0.05) is 0 Å². The maximum Gasteiger partial charge on any atom is 0.272 e. The Balaban J connectivity index is 1.60. The van der Waals surface area contributed by atoms with E-state index in [2.05, 4.69) is 14.3 Å². The molecule has 0 aliphatic carbocycles. The van der Waals surface area contributed by atoms with Crippen LogP contribution in [0.1, 0.15) is 0 Å². The Kier molecular flexibility index (Phi) is 4.56. The summed E-state index contributed by atoms with van der Waals surface area (Å²) >= 11 is 1.14. The van der Waals surface area contributed by atoms with E-state index in [1.54, 1.807) is 23.0 Å². The van der Waals surface area contributed by atoms with Crippen LogP contribution in [-0.2, 0) is 11.3 Å². The van der Waals surface area contributed by atoms with Crippen molar-refractivity contribution in [3.05, 3.63) is 46.8 Å². The summed E-state index contributed by atoms with van der Waals surface area (Å²) in [5.41, 5.74) is 1.87. The van der Waals surface area contributed by atoms with Gasteiger partial charge >= 0.3 is 0 Å². The molecule has 25 heavy (non-hydrogen) atoms. The minimum atomic E-state index is -0.304. The van der Waals surface area contributed by atoms with Crippen molar-refractivity contribution in [3.63, 3.8) is 0 Å². The van der Waals surface area contributed by atoms with Crippen molar-refractivity contribution in [1.29, 1.82) is 0 Å². The molecular formula is C17H17FN4O2S. The first-order valence-corrected chi connectivity index (χ1v) is 8.90. The maximum atomic E-state index is 13.1. The number of rotatable bonds is 4. The van der Waals surface area contributed by atoms with E-state index in [9.17, 15) is 9.18 Å². The normalized spacial score (nSPS) is 15.7. The third-order valence-corrected chi connectivity index (χ3v) is 5.15. The van der Waals surface area contributed by atoms with Crippen LogP contribution in [-0.4, -0.2) is 51.7 Å². The number of morpholine rings is 1. The second-order valence-corrected chi connectivity index (χ2v) is 6.69. The second-order valence-electron chi connectivity index (χ2n) is 5.91.